The third-order valence-corrected chi connectivity index (χ3v) is 5.73. The van der Waals surface area contributed by atoms with Crippen LogP contribution in [0.3, 0.4) is 0 Å². The lowest BCUT2D eigenvalue weighted by Crippen LogP contribution is -2.47. The van der Waals surface area contributed by atoms with Crippen LogP contribution in [0.25, 0.3) is 0 Å². The number of halogens is 1. The van der Waals surface area contributed by atoms with E-state index in [1.54, 1.807) is 11.8 Å². The third kappa shape index (κ3) is 7.28. The van der Waals surface area contributed by atoms with E-state index in [4.69, 9.17) is 0 Å². The minimum atomic E-state index is -0.522. The van der Waals surface area contributed by atoms with Crippen molar-refractivity contribution in [1.82, 2.24) is 10.2 Å². The van der Waals surface area contributed by atoms with E-state index in [2.05, 4.69) is 59.4 Å². The van der Waals surface area contributed by atoms with Crippen molar-refractivity contribution >= 4 is 27.7 Å². The summed E-state index contributed by atoms with van der Waals surface area (Å²) in [5.74, 6) is 0.368. The van der Waals surface area contributed by atoms with Crippen LogP contribution in [0.2, 0.25) is 0 Å². The predicted molar refractivity (Wildman–Crippen MR) is 126 cm³/mol. The lowest BCUT2D eigenvalue weighted by Gasteiger charge is -2.29. The normalized spacial score (nSPS) is 11.9. The lowest BCUT2D eigenvalue weighted by molar-refractivity contribution is -0.140. The molecular weight excluding hydrogens is 440 g/mol. The Bertz CT molecular complexity index is 833. The molecule has 0 spiro atoms. The van der Waals surface area contributed by atoms with Gasteiger partial charge in [0.25, 0.3) is 0 Å². The molecule has 0 aliphatic rings. The van der Waals surface area contributed by atoms with Crippen molar-refractivity contribution in [3.05, 3.63) is 69.7 Å². The molecule has 2 rings (SSSR count). The van der Waals surface area contributed by atoms with E-state index in [9.17, 15) is 9.59 Å². The summed E-state index contributed by atoms with van der Waals surface area (Å²) in [5, 5.41) is 2.91. The number of nitrogens with one attached hydrogen (secondary N) is 1. The second-order valence-corrected chi connectivity index (χ2v) is 8.93. The molecule has 1 N–H and O–H groups in total. The zero-order valence-electron chi connectivity index (χ0n) is 18.5. The van der Waals surface area contributed by atoms with Gasteiger partial charge < -0.3 is 10.2 Å². The first-order valence-electron chi connectivity index (χ1n) is 10.7. The molecular formula is C25H33BrN2O2. The van der Waals surface area contributed by atoms with Crippen LogP contribution < -0.4 is 5.32 Å². The zero-order chi connectivity index (χ0) is 22.1. The van der Waals surface area contributed by atoms with E-state index in [0.29, 0.717) is 31.8 Å². The van der Waals surface area contributed by atoms with Crippen LogP contribution in [0.1, 0.15) is 63.1 Å². The van der Waals surface area contributed by atoms with Gasteiger partial charge >= 0.3 is 0 Å². The van der Waals surface area contributed by atoms with Crippen LogP contribution in [0.4, 0.5) is 0 Å². The molecule has 0 fully saturated rings. The zero-order valence-corrected chi connectivity index (χ0v) is 20.0. The van der Waals surface area contributed by atoms with Gasteiger partial charge in [-0.05, 0) is 54.5 Å². The summed E-state index contributed by atoms with van der Waals surface area (Å²) >= 11 is 3.48. The molecule has 1 atom stereocenters. The van der Waals surface area contributed by atoms with Crippen LogP contribution in [0.5, 0.6) is 0 Å². The first-order chi connectivity index (χ1) is 14.3. The van der Waals surface area contributed by atoms with Gasteiger partial charge in [-0.3, -0.25) is 9.59 Å². The number of nitrogens with zero attached hydrogens (tertiary/aromatic N) is 1. The fraction of sp³-hybridized carbons (Fsp3) is 0.440. The molecule has 0 aliphatic heterocycles. The molecule has 5 heteroatoms. The maximum absolute atomic E-state index is 13.1. The molecule has 2 aromatic carbocycles. The van der Waals surface area contributed by atoms with Crippen molar-refractivity contribution in [3.63, 3.8) is 0 Å². The lowest BCUT2D eigenvalue weighted by atomic mass is 10.00. The molecule has 0 saturated heterocycles. The summed E-state index contributed by atoms with van der Waals surface area (Å²) in [7, 11) is 0. The molecule has 162 valence electrons. The predicted octanol–water partition coefficient (Wildman–Crippen LogP) is 5.45. The highest BCUT2D eigenvalue weighted by Gasteiger charge is 2.25. The van der Waals surface area contributed by atoms with Crippen LogP contribution in [-0.2, 0) is 22.6 Å². The van der Waals surface area contributed by atoms with E-state index < -0.39 is 6.04 Å². The molecule has 0 aliphatic carbocycles. The van der Waals surface area contributed by atoms with Gasteiger partial charge in [0.05, 0.1) is 0 Å². The first kappa shape index (κ1) is 24.1. The van der Waals surface area contributed by atoms with Crippen LogP contribution in [0.15, 0.2) is 53.0 Å². The van der Waals surface area contributed by atoms with Gasteiger partial charge in [0.2, 0.25) is 11.8 Å². The Kier molecular flexibility index (Phi) is 9.57. The number of carbonyl (C=O) groups excluding carboxylic acids is 2. The Morgan fingerprint density at radius 1 is 1.03 bits per heavy atom. The summed E-state index contributed by atoms with van der Waals surface area (Å²) in [6, 6.07) is 15.8. The molecule has 0 heterocycles. The van der Waals surface area contributed by atoms with Crippen LogP contribution in [-0.4, -0.2) is 29.3 Å². The molecule has 0 saturated carbocycles. The van der Waals surface area contributed by atoms with Gasteiger partial charge in [-0.25, -0.2) is 0 Å². The Balaban J connectivity index is 2.11. The fourth-order valence-corrected chi connectivity index (χ4v) is 3.72. The monoisotopic (exact) mass is 472 g/mol. The van der Waals surface area contributed by atoms with Gasteiger partial charge in [0.15, 0.2) is 0 Å². The standard InChI is InChI=1S/C25H33BrN2O2/c1-5-15-27-25(30)19(4)28(17-21-7-6-8-23(26)16-21)24(29)14-11-20-9-12-22(13-10-20)18(2)3/h6-10,12-13,16,18-19H,5,11,14-15,17H2,1-4H3,(H,27,30). The van der Waals surface area contributed by atoms with E-state index in [0.717, 1.165) is 22.0 Å². The molecule has 1 unspecified atom stereocenters. The largest absolute Gasteiger partial charge is 0.354 e. The van der Waals surface area contributed by atoms with Gasteiger partial charge in [0, 0.05) is 24.0 Å². The number of rotatable bonds is 10. The summed E-state index contributed by atoms with van der Waals surface area (Å²) < 4.78 is 0.959. The molecule has 30 heavy (non-hydrogen) atoms. The maximum Gasteiger partial charge on any atom is 0.242 e. The Labute approximate surface area is 189 Å². The van der Waals surface area contributed by atoms with Crippen molar-refractivity contribution in [3.8, 4) is 0 Å². The molecule has 0 bridgehead atoms. The molecule has 2 amide bonds. The van der Waals surface area contributed by atoms with Gasteiger partial charge in [-0.2, -0.15) is 0 Å². The minimum Gasteiger partial charge on any atom is -0.354 e. The number of carbonyl (C=O) groups is 2. The second kappa shape index (κ2) is 11.9. The number of aryl methyl sites for hydroxylation is 1. The summed E-state index contributed by atoms with van der Waals surface area (Å²) in [6.45, 7) is 9.18. The fourth-order valence-electron chi connectivity index (χ4n) is 3.27. The first-order valence-corrected chi connectivity index (χ1v) is 11.5. The highest BCUT2D eigenvalue weighted by molar-refractivity contribution is 9.10. The number of hydrogen-bond donors (Lipinski definition) is 1. The van der Waals surface area contributed by atoms with E-state index in [-0.39, 0.29) is 11.8 Å². The average Bonchev–Trinajstić information content (AvgIpc) is 2.74. The van der Waals surface area contributed by atoms with Gasteiger partial charge in [0.1, 0.15) is 6.04 Å². The SMILES string of the molecule is CCCNC(=O)C(C)N(Cc1cccc(Br)c1)C(=O)CCc1ccc(C(C)C)cc1. The summed E-state index contributed by atoms with van der Waals surface area (Å²) in [6.07, 6.45) is 1.90. The second-order valence-electron chi connectivity index (χ2n) is 8.01. The number of hydrogen-bond acceptors (Lipinski definition) is 2. The topological polar surface area (TPSA) is 49.4 Å². The number of amides is 2. The molecule has 0 radical (unpaired) electrons. The minimum absolute atomic E-state index is 0.0120. The molecule has 4 nitrogen and oxygen atoms in total. The Hall–Kier alpha value is -2.14. The highest BCUT2D eigenvalue weighted by Crippen LogP contribution is 2.18. The molecule has 0 aromatic heterocycles. The van der Waals surface area contributed by atoms with E-state index in [1.165, 1.54) is 5.56 Å². The smallest absolute Gasteiger partial charge is 0.242 e. The van der Waals surface area contributed by atoms with E-state index in [1.807, 2.05) is 31.2 Å². The van der Waals surface area contributed by atoms with Crippen molar-refractivity contribution in [2.45, 2.75) is 65.5 Å². The van der Waals surface area contributed by atoms with Crippen LogP contribution >= 0.6 is 15.9 Å². The third-order valence-electron chi connectivity index (χ3n) is 5.23. The van der Waals surface area contributed by atoms with Gasteiger partial charge in [-0.15, -0.1) is 0 Å². The van der Waals surface area contributed by atoms with Crippen molar-refractivity contribution in [2.75, 3.05) is 6.54 Å². The molecule has 2 aromatic rings. The van der Waals surface area contributed by atoms with Crippen molar-refractivity contribution < 1.29 is 9.59 Å². The summed E-state index contributed by atoms with van der Waals surface area (Å²) in [4.78, 5) is 27.4. The number of benzene rings is 2. The quantitative estimate of drug-likeness (QED) is 0.499. The average molecular weight is 473 g/mol. The van der Waals surface area contributed by atoms with Crippen LogP contribution in [0, 0.1) is 0 Å². The van der Waals surface area contributed by atoms with Gasteiger partial charge in [-0.1, -0.05) is 73.1 Å². The summed E-state index contributed by atoms with van der Waals surface area (Å²) in [5.41, 5.74) is 3.43. The van der Waals surface area contributed by atoms with E-state index >= 15 is 0 Å². The highest BCUT2D eigenvalue weighted by atomic mass is 79.9. The maximum atomic E-state index is 13.1. The van der Waals surface area contributed by atoms with Crippen molar-refractivity contribution in [2.24, 2.45) is 0 Å². The van der Waals surface area contributed by atoms with Crippen molar-refractivity contribution in [1.29, 1.82) is 0 Å². The Morgan fingerprint density at radius 2 is 1.73 bits per heavy atom. The Morgan fingerprint density at radius 3 is 2.33 bits per heavy atom.